The minimum absolute atomic E-state index is 0.784. The van der Waals surface area contributed by atoms with Gasteiger partial charge in [-0.15, -0.1) is 11.3 Å². The maximum absolute atomic E-state index is 3.55. The lowest BCUT2D eigenvalue weighted by Gasteiger charge is -2.16. The number of benzene rings is 1. The number of nitrogens with zero attached hydrogens (tertiary/aromatic N) is 1. The lowest BCUT2D eigenvalue weighted by Crippen LogP contribution is -2.17. The Labute approximate surface area is 125 Å². The van der Waals surface area contributed by atoms with Crippen LogP contribution in [0.15, 0.2) is 41.8 Å². The van der Waals surface area contributed by atoms with E-state index in [9.17, 15) is 0 Å². The highest BCUT2D eigenvalue weighted by Crippen LogP contribution is 2.19. The quantitative estimate of drug-likeness (QED) is 0.836. The number of rotatable bonds is 7. The van der Waals surface area contributed by atoms with E-state index >= 15 is 0 Å². The van der Waals surface area contributed by atoms with E-state index in [4.69, 9.17) is 0 Å². The van der Waals surface area contributed by atoms with Gasteiger partial charge in [-0.25, -0.2) is 0 Å². The molecule has 3 heteroatoms. The molecule has 0 aliphatic heterocycles. The third-order valence-corrected chi connectivity index (χ3v) is 4.51. The van der Waals surface area contributed by atoms with Gasteiger partial charge >= 0.3 is 0 Å². The molecule has 1 heterocycles. The second-order valence-corrected chi connectivity index (χ2v) is 6.76. The number of nitrogens with one attached hydrogen (secondary N) is 1. The van der Waals surface area contributed by atoms with Gasteiger partial charge in [-0.3, -0.25) is 4.90 Å². The molecule has 1 saturated carbocycles. The average molecular weight is 286 g/mol. The monoisotopic (exact) mass is 286 g/mol. The Kier molecular flexibility index (Phi) is 4.51. The SMILES string of the molecule is CN(Cc1ccc(CNC2CC2)cc1)Cc1cccs1. The Morgan fingerprint density at radius 2 is 1.85 bits per heavy atom. The molecule has 2 aromatic rings. The molecule has 0 saturated heterocycles. The zero-order valence-electron chi connectivity index (χ0n) is 12.0. The highest BCUT2D eigenvalue weighted by molar-refractivity contribution is 7.09. The van der Waals surface area contributed by atoms with Crippen molar-refractivity contribution in [1.29, 1.82) is 0 Å². The Morgan fingerprint density at radius 1 is 1.10 bits per heavy atom. The molecule has 2 nitrogen and oxygen atoms in total. The van der Waals surface area contributed by atoms with Crippen LogP contribution in [0.2, 0.25) is 0 Å². The molecule has 1 aliphatic rings. The molecular weight excluding hydrogens is 264 g/mol. The summed E-state index contributed by atoms with van der Waals surface area (Å²) in [5, 5.41) is 5.70. The fourth-order valence-electron chi connectivity index (χ4n) is 2.35. The average Bonchev–Trinajstić information content (AvgIpc) is 3.14. The third-order valence-electron chi connectivity index (χ3n) is 3.65. The molecule has 3 rings (SSSR count). The highest BCUT2D eigenvalue weighted by Gasteiger charge is 2.19. The first-order chi connectivity index (χ1) is 9.79. The van der Waals surface area contributed by atoms with Crippen LogP contribution in [0.3, 0.4) is 0 Å². The third kappa shape index (κ3) is 4.17. The van der Waals surface area contributed by atoms with E-state index in [1.54, 1.807) is 0 Å². The lowest BCUT2D eigenvalue weighted by atomic mass is 10.1. The van der Waals surface area contributed by atoms with E-state index in [0.717, 1.165) is 25.7 Å². The number of thiophene rings is 1. The lowest BCUT2D eigenvalue weighted by molar-refractivity contribution is 0.322. The van der Waals surface area contributed by atoms with Crippen LogP contribution in [-0.4, -0.2) is 18.0 Å². The summed E-state index contributed by atoms with van der Waals surface area (Å²) in [4.78, 5) is 3.79. The van der Waals surface area contributed by atoms with Crippen molar-refractivity contribution < 1.29 is 0 Å². The van der Waals surface area contributed by atoms with Gasteiger partial charge in [0.25, 0.3) is 0 Å². The van der Waals surface area contributed by atoms with Gasteiger partial charge in [-0.2, -0.15) is 0 Å². The predicted molar refractivity (Wildman–Crippen MR) is 85.8 cm³/mol. The predicted octanol–water partition coefficient (Wildman–Crippen LogP) is 3.63. The van der Waals surface area contributed by atoms with Gasteiger partial charge in [0.2, 0.25) is 0 Å². The summed E-state index contributed by atoms with van der Waals surface area (Å²) in [6.45, 7) is 3.05. The minimum Gasteiger partial charge on any atom is -0.310 e. The fraction of sp³-hybridized carbons (Fsp3) is 0.412. The molecule has 1 aromatic carbocycles. The van der Waals surface area contributed by atoms with Crippen molar-refractivity contribution in [1.82, 2.24) is 10.2 Å². The first kappa shape index (κ1) is 13.8. The molecule has 106 valence electrons. The van der Waals surface area contributed by atoms with Gasteiger partial charge in [0.15, 0.2) is 0 Å². The molecule has 20 heavy (non-hydrogen) atoms. The van der Waals surface area contributed by atoms with E-state index in [1.807, 2.05) is 11.3 Å². The van der Waals surface area contributed by atoms with E-state index in [0.29, 0.717) is 0 Å². The molecule has 1 fully saturated rings. The van der Waals surface area contributed by atoms with E-state index in [1.165, 1.54) is 28.8 Å². The standard InChI is InChI=1S/C17H22N2S/c1-19(13-17-3-2-10-20-17)12-15-6-4-14(5-7-15)11-18-16-8-9-16/h2-7,10,16,18H,8-9,11-13H2,1H3. The van der Waals surface area contributed by atoms with Crippen LogP contribution in [-0.2, 0) is 19.6 Å². The summed E-state index contributed by atoms with van der Waals surface area (Å²) >= 11 is 1.83. The number of hydrogen-bond donors (Lipinski definition) is 1. The second-order valence-electron chi connectivity index (χ2n) is 5.72. The minimum atomic E-state index is 0.784. The normalized spacial score (nSPS) is 14.9. The first-order valence-electron chi connectivity index (χ1n) is 7.32. The maximum atomic E-state index is 3.55. The van der Waals surface area contributed by atoms with Crippen LogP contribution in [0.4, 0.5) is 0 Å². The van der Waals surface area contributed by atoms with Crippen molar-refractivity contribution in [2.45, 2.75) is 38.5 Å². The Balaban J connectivity index is 1.48. The van der Waals surface area contributed by atoms with Crippen molar-refractivity contribution in [2.75, 3.05) is 7.05 Å². The summed E-state index contributed by atoms with van der Waals surface area (Å²) in [7, 11) is 2.18. The van der Waals surface area contributed by atoms with Gasteiger partial charge < -0.3 is 5.32 Å². The summed E-state index contributed by atoms with van der Waals surface area (Å²) in [5.41, 5.74) is 2.78. The van der Waals surface area contributed by atoms with Crippen molar-refractivity contribution in [3.05, 3.63) is 57.8 Å². The second kappa shape index (κ2) is 6.53. The molecule has 0 spiro atoms. The van der Waals surface area contributed by atoms with Gasteiger partial charge in [-0.1, -0.05) is 30.3 Å². The summed E-state index contributed by atoms with van der Waals surface area (Å²) < 4.78 is 0. The van der Waals surface area contributed by atoms with Crippen molar-refractivity contribution >= 4 is 11.3 Å². The maximum Gasteiger partial charge on any atom is 0.0328 e. The van der Waals surface area contributed by atoms with Gasteiger partial charge in [0.05, 0.1) is 0 Å². The Hall–Kier alpha value is -1.16. The molecule has 0 unspecified atom stereocenters. The number of hydrogen-bond acceptors (Lipinski definition) is 3. The Bertz CT molecular complexity index is 514. The molecule has 0 amide bonds. The van der Waals surface area contributed by atoms with Crippen LogP contribution in [0.25, 0.3) is 0 Å². The van der Waals surface area contributed by atoms with Crippen molar-refractivity contribution in [2.24, 2.45) is 0 Å². The summed E-state index contributed by atoms with van der Waals surface area (Å²) in [6, 6.07) is 14.1. The molecule has 1 aromatic heterocycles. The smallest absolute Gasteiger partial charge is 0.0328 e. The van der Waals surface area contributed by atoms with Crippen molar-refractivity contribution in [3.63, 3.8) is 0 Å². The van der Waals surface area contributed by atoms with Gasteiger partial charge in [0.1, 0.15) is 0 Å². The fourth-order valence-corrected chi connectivity index (χ4v) is 3.13. The molecule has 0 atom stereocenters. The summed E-state index contributed by atoms with van der Waals surface area (Å²) in [5.74, 6) is 0. The van der Waals surface area contributed by atoms with Crippen LogP contribution in [0.5, 0.6) is 0 Å². The molecule has 1 N–H and O–H groups in total. The summed E-state index contributed by atoms with van der Waals surface area (Å²) in [6.07, 6.45) is 2.71. The van der Waals surface area contributed by atoms with Crippen LogP contribution in [0, 0.1) is 0 Å². The van der Waals surface area contributed by atoms with E-state index in [2.05, 4.69) is 59.0 Å². The van der Waals surface area contributed by atoms with Gasteiger partial charge in [-0.05, 0) is 42.5 Å². The zero-order chi connectivity index (χ0) is 13.8. The van der Waals surface area contributed by atoms with Crippen LogP contribution < -0.4 is 5.32 Å². The molecule has 1 aliphatic carbocycles. The van der Waals surface area contributed by atoms with E-state index in [-0.39, 0.29) is 0 Å². The van der Waals surface area contributed by atoms with E-state index < -0.39 is 0 Å². The van der Waals surface area contributed by atoms with Gasteiger partial charge in [0, 0.05) is 30.6 Å². The Morgan fingerprint density at radius 3 is 2.50 bits per heavy atom. The molecule has 0 bridgehead atoms. The van der Waals surface area contributed by atoms with Crippen LogP contribution in [0.1, 0.15) is 28.8 Å². The topological polar surface area (TPSA) is 15.3 Å². The van der Waals surface area contributed by atoms with Crippen LogP contribution >= 0.6 is 11.3 Å². The highest BCUT2D eigenvalue weighted by atomic mass is 32.1. The zero-order valence-corrected chi connectivity index (χ0v) is 12.8. The first-order valence-corrected chi connectivity index (χ1v) is 8.20. The molecular formula is C17H22N2S. The molecule has 0 radical (unpaired) electrons. The largest absolute Gasteiger partial charge is 0.310 e. The van der Waals surface area contributed by atoms with Crippen molar-refractivity contribution in [3.8, 4) is 0 Å².